The van der Waals surface area contributed by atoms with E-state index in [9.17, 15) is 0 Å². The molecule has 1 saturated heterocycles. The van der Waals surface area contributed by atoms with Gasteiger partial charge < -0.3 is 15.4 Å². The van der Waals surface area contributed by atoms with E-state index in [1.165, 1.54) is 0 Å². The Labute approximate surface area is 199 Å². The van der Waals surface area contributed by atoms with Crippen LogP contribution in [0.15, 0.2) is 48.9 Å². The molecule has 1 fully saturated rings. The fraction of sp³-hybridized carbons (Fsp3) is 0.417. The van der Waals surface area contributed by atoms with Gasteiger partial charge in [0, 0.05) is 50.7 Å². The maximum Gasteiger partial charge on any atom is 0.229 e. The number of nitrogens with one attached hydrogen (secondary N) is 2. The van der Waals surface area contributed by atoms with E-state index in [-0.39, 0.29) is 0 Å². The second kappa shape index (κ2) is 10.2. The summed E-state index contributed by atoms with van der Waals surface area (Å²) < 4.78 is 9.10. The SMILES string of the molecule is CC(C)c1cnn2c(NCc3ccccc3-n3cccn3)nc(NCCN3CCOCC3)nc12. The number of hydrogen-bond acceptors (Lipinski definition) is 8. The molecule has 2 N–H and O–H groups in total. The van der Waals surface area contributed by atoms with Crippen LogP contribution in [0.25, 0.3) is 11.3 Å². The minimum absolute atomic E-state index is 0.307. The van der Waals surface area contributed by atoms with Gasteiger partial charge in [-0.3, -0.25) is 4.90 Å². The highest BCUT2D eigenvalue weighted by Gasteiger charge is 2.16. The fourth-order valence-electron chi connectivity index (χ4n) is 4.12. The van der Waals surface area contributed by atoms with Crippen LogP contribution >= 0.6 is 0 Å². The third-order valence-corrected chi connectivity index (χ3v) is 6.01. The highest BCUT2D eigenvalue weighted by molar-refractivity contribution is 5.56. The van der Waals surface area contributed by atoms with Crippen LogP contribution in [0.2, 0.25) is 0 Å². The van der Waals surface area contributed by atoms with Crippen molar-refractivity contribution in [3.63, 3.8) is 0 Å². The van der Waals surface area contributed by atoms with E-state index < -0.39 is 0 Å². The first-order valence-corrected chi connectivity index (χ1v) is 11.8. The van der Waals surface area contributed by atoms with Crippen molar-refractivity contribution in [2.24, 2.45) is 0 Å². The van der Waals surface area contributed by atoms with Gasteiger partial charge in [0.05, 0.1) is 25.1 Å². The molecule has 1 aliphatic rings. The van der Waals surface area contributed by atoms with E-state index in [0.29, 0.717) is 24.4 Å². The first-order valence-electron chi connectivity index (χ1n) is 11.8. The van der Waals surface area contributed by atoms with Crippen LogP contribution < -0.4 is 10.6 Å². The molecular formula is C24H31N9O. The lowest BCUT2D eigenvalue weighted by Gasteiger charge is -2.26. The van der Waals surface area contributed by atoms with Gasteiger partial charge in [-0.25, -0.2) is 4.68 Å². The van der Waals surface area contributed by atoms with Gasteiger partial charge in [0.15, 0.2) is 5.65 Å². The molecule has 1 aliphatic heterocycles. The third kappa shape index (κ3) is 4.87. The average molecular weight is 462 g/mol. The molecule has 178 valence electrons. The van der Waals surface area contributed by atoms with E-state index >= 15 is 0 Å². The summed E-state index contributed by atoms with van der Waals surface area (Å²) in [4.78, 5) is 11.9. The van der Waals surface area contributed by atoms with Crippen molar-refractivity contribution in [3.8, 4) is 5.69 Å². The highest BCUT2D eigenvalue weighted by Crippen LogP contribution is 2.23. The molecule has 5 rings (SSSR count). The van der Waals surface area contributed by atoms with E-state index in [2.05, 4.69) is 51.7 Å². The summed E-state index contributed by atoms with van der Waals surface area (Å²) >= 11 is 0. The van der Waals surface area contributed by atoms with Crippen molar-refractivity contribution < 1.29 is 4.74 Å². The van der Waals surface area contributed by atoms with Crippen LogP contribution in [0.4, 0.5) is 11.9 Å². The maximum atomic E-state index is 5.44. The summed E-state index contributed by atoms with van der Waals surface area (Å²) in [7, 11) is 0. The lowest BCUT2D eigenvalue weighted by Crippen LogP contribution is -2.39. The average Bonchev–Trinajstić information content (AvgIpc) is 3.54. The molecule has 0 unspecified atom stereocenters. The predicted molar refractivity (Wildman–Crippen MR) is 132 cm³/mol. The number of rotatable bonds is 9. The van der Waals surface area contributed by atoms with Gasteiger partial charge in [0.1, 0.15) is 0 Å². The number of anilines is 2. The van der Waals surface area contributed by atoms with Gasteiger partial charge >= 0.3 is 0 Å². The van der Waals surface area contributed by atoms with E-state index in [0.717, 1.165) is 61.9 Å². The number of para-hydroxylation sites is 1. The molecule has 4 aromatic rings. The second-order valence-corrected chi connectivity index (χ2v) is 8.67. The molecule has 0 bridgehead atoms. The monoisotopic (exact) mass is 461 g/mol. The Morgan fingerprint density at radius 3 is 2.68 bits per heavy atom. The third-order valence-electron chi connectivity index (χ3n) is 6.01. The summed E-state index contributed by atoms with van der Waals surface area (Å²) in [6, 6.07) is 10.1. The Morgan fingerprint density at radius 2 is 1.88 bits per heavy atom. The van der Waals surface area contributed by atoms with Gasteiger partial charge in [-0.15, -0.1) is 0 Å². The van der Waals surface area contributed by atoms with Gasteiger partial charge in [0.2, 0.25) is 11.9 Å². The van der Waals surface area contributed by atoms with Crippen molar-refractivity contribution in [1.82, 2.24) is 34.3 Å². The number of nitrogens with zero attached hydrogens (tertiary/aromatic N) is 7. The van der Waals surface area contributed by atoms with Gasteiger partial charge in [-0.1, -0.05) is 32.0 Å². The topological polar surface area (TPSA) is 97.4 Å². The second-order valence-electron chi connectivity index (χ2n) is 8.67. The minimum Gasteiger partial charge on any atom is -0.379 e. The van der Waals surface area contributed by atoms with Crippen LogP contribution in [0.3, 0.4) is 0 Å². The normalized spacial score (nSPS) is 14.7. The number of benzene rings is 1. The van der Waals surface area contributed by atoms with Crippen LogP contribution in [0.5, 0.6) is 0 Å². The molecule has 0 aliphatic carbocycles. The van der Waals surface area contributed by atoms with E-state index in [1.807, 2.05) is 35.3 Å². The Hall–Kier alpha value is -3.50. The van der Waals surface area contributed by atoms with Crippen molar-refractivity contribution in [3.05, 3.63) is 60.0 Å². The van der Waals surface area contributed by atoms with Crippen molar-refractivity contribution in [2.75, 3.05) is 50.0 Å². The molecule has 4 heterocycles. The summed E-state index contributed by atoms with van der Waals surface area (Å²) in [6.45, 7) is 10.1. The molecular weight excluding hydrogens is 430 g/mol. The van der Waals surface area contributed by atoms with Crippen molar-refractivity contribution in [2.45, 2.75) is 26.3 Å². The molecule has 1 aromatic carbocycles. The Balaban J connectivity index is 1.38. The molecule has 10 heteroatoms. The number of morpholine rings is 1. The number of ether oxygens (including phenoxy) is 1. The minimum atomic E-state index is 0.307. The van der Waals surface area contributed by atoms with Crippen LogP contribution in [-0.4, -0.2) is 73.7 Å². The summed E-state index contributed by atoms with van der Waals surface area (Å²) in [6.07, 6.45) is 5.61. The molecule has 10 nitrogen and oxygen atoms in total. The van der Waals surface area contributed by atoms with Gasteiger partial charge in [0.25, 0.3) is 0 Å². The van der Waals surface area contributed by atoms with Crippen molar-refractivity contribution in [1.29, 1.82) is 0 Å². The van der Waals surface area contributed by atoms with E-state index in [4.69, 9.17) is 14.7 Å². The lowest BCUT2D eigenvalue weighted by atomic mass is 10.1. The predicted octanol–water partition coefficient (Wildman–Crippen LogP) is 2.79. The first-order chi connectivity index (χ1) is 16.7. The number of fused-ring (bicyclic) bond motifs is 1. The number of hydrogen-bond donors (Lipinski definition) is 2. The van der Waals surface area contributed by atoms with Crippen LogP contribution in [0.1, 0.15) is 30.9 Å². The Kier molecular flexibility index (Phi) is 6.68. The van der Waals surface area contributed by atoms with Crippen LogP contribution in [-0.2, 0) is 11.3 Å². The zero-order valence-corrected chi connectivity index (χ0v) is 19.7. The smallest absolute Gasteiger partial charge is 0.229 e. The molecule has 0 spiro atoms. The van der Waals surface area contributed by atoms with Gasteiger partial charge in [-0.05, 0) is 23.6 Å². The zero-order chi connectivity index (χ0) is 23.3. The van der Waals surface area contributed by atoms with Gasteiger partial charge in [-0.2, -0.15) is 24.7 Å². The Bertz CT molecular complexity index is 1210. The summed E-state index contributed by atoms with van der Waals surface area (Å²) in [5.74, 6) is 1.56. The quantitative estimate of drug-likeness (QED) is 0.393. The van der Waals surface area contributed by atoms with Crippen molar-refractivity contribution >= 4 is 17.5 Å². The first kappa shape index (κ1) is 22.3. The standard InChI is InChI=1S/C24H31N9O/c1-18(2)20-17-28-33-22(20)29-23(25-9-11-31-12-14-34-15-13-31)30-24(33)26-16-19-6-3-4-7-21(19)32-10-5-8-27-32/h3-8,10,17-18H,9,11-16H2,1-2H3,(H2,25,26,29,30). The lowest BCUT2D eigenvalue weighted by molar-refractivity contribution is 0.0398. The molecule has 34 heavy (non-hydrogen) atoms. The number of aromatic nitrogens is 6. The maximum absolute atomic E-state index is 5.44. The van der Waals surface area contributed by atoms with E-state index in [1.54, 1.807) is 10.7 Å². The highest BCUT2D eigenvalue weighted by atomic mass is 16.5. The summed E-state index contributed by atoms with van der Waals surface area (Å²) in [5, 5.41) is 15.9. The molecule has 0 amide bonds. The molecule has 3 aromatic heterocycles. The fourth-order valence-corrected chi connectivity index (χ4v) is 4.12. The Morgan fingerprint density at radius 1 is 1.03 bits per heavy atom. The molecule has 0 atom stereocenters. The zero-order valence-electron chi connectivity index (χ0n) is 19.7. The van der Waals surface area contributed by atoms with Crippen LogP contribution in [0, 0.1) is 0 Å². The largest absolute Gasteiger partial charge is 0.379 e. The molecule has 0 radical (unpaired) electrons. The molecule has 0 saturated carbocycles. The summed E-state index contributed by atoms with van der Waals surface area (Å²) in [5.41, 5.74) is 4.05.